The van der Waals surface area contributed by atoms with E-state index in [1.807, 2.05) is 30.3 Å². The molecule has 0 atom stereocenters. The molecule has 0 unspecified atom stereocenters. The van der Waals surface area contributed by atoms with Gasteiger partial charge in [0.2, 0.25) is 0 Å². The quantitative estimate of drug-likeness (QED) is 0.502. The van der Waals surface area contributed by atoms with E-state index in [2.05, 4.69) is 6.92 Å². The van der Waals surface area contributed by atoms with Crippen molar-refractivity contribution in [2.75, 3.05) is 0 Å². The Labute approximate surface area is 116 Å². The standard InChI is InChI=1S/C17H24O2/c1-2-3-4-5-6-7-11-14-16(17(18)19)15-12-9-8-10-13-15/h8-10,12-14H,2-7,11H2,1H3,(H,18,19)/p-1/b16-14-. The average Bonchev–Trinajstić information content (AvgIpc) is 2.42. The van der Waals surface area contributed by atoms with Crippen molar-refractivity contribution in [3.8, 4) is 0 Å². The highest BCUT2D eigenvalue weighted by Gasteiger charge is 2.01. The molecular formula is C17H23O2-. The Hall–Kier alpha value is -1.57. The van der Waals surface area contributed by atoms with Crippen LogP contribution in [0.25, 0.3) is 5.57 Å². The minimum absolute atomic E-state index is 0.314. The maximum Gasteiger partial charge on any atom is 0.0718 e. The van der Waals surface area contributed by atoms with E-state index in [0.717, 1.165) is 18.4 Å². The van der Waals surface area contributed by atoms with E-state index in [9.17, 15) is 9.90 Å². The molecule has 0 bridgehead atoms. The van der Waals surface area contributed by atoms with E-state index >= 15 is 0 Å². The lowest BCUT2D eigenvalue weighted by atomic mass is 10.0. The van der Waals surface area contributed by atoms with E-state index in [0.29, 0.717) is 5.57 Å². The lowest BCUT2D eigenvalue weighted by Gasteiger charge is -2.09. The fraction of sp³-hybridized carbons (Fsp3) is 0.471. The van der Waals surface area contributed by atoms with Gasteiger partial charge in [0.05, 0.1) is 5.97 Å². The van der Waals surface area contributed by atoms with Gasteiger partial charge < -0.3 is 9.90 Å². The third kappa shape index (κ3) is 6.23. The Balaban J connectivity index is 2.41. The molecule has 0 aliphatic heterocycles. The molecule has 0 aliphatic rings. The van der Waals surface area contributed by atoms with E-state index in [-0.39, 0.29) is 0 Å². The average molecular weight is 259 g/mol. The Morgan fingerprint density at radius 2 is 1.68 bits per heavy atom. The van der Waals surface area contributed by atoms with Crippen molar-refractivity contribution < 1.29 is 9.90 Å². The number of allylic oxidation sites excluding steroid dienone is 1. The van der Waals surface area contributed by atoms with Crippen LogP contribution in [0.4, 0.5) is 0 Å². The monoisotopic (exact) mass is 259 g/mol. The zero-order chi connectivity index (χ0) is 13.9. The Kier molecular flexibility index (Phi) is 7.64. The Morgan fingerprint density at radius 3 is 2.32 bits per heavy atom. The van der Waals surface area contributed by atoms with Crippen LogP contribution in [0.15, 0.2) is 36.4 Å². The summed E-state index contributed by atoms with van der Waals surface area (Å²) in [5.74, 6) is -1.09. The molecular weight excluding hydrogens is 236 g/mol. The van der Waals surface area contributed by atoms with Gasteiger partial charge in [-0.05, 0) is 18.4 Å². The summed E-state index contributed by atoms with van der Waals surface area (Å²) in [6.45, 7) is 2.20. The van der Waals surface area contributed by atoms with Gasteiger partial charge in [-0.15, -0.1) is 0 Å². The van der Waals surface area contributed by atoms with Gasteiger partial charge in [0.1, 0.15) is 0 Å². The number of hydrogen-bond acceptors (Lipinski definition) is 2. The second-order valence-electron chi connectivity index (χ2n) is 4.83. The fourth-order valence-corrected chi connectivity index (χ4v) is 2.11. The summed E-state index contributed by atoms with van der Waals surface area (Å²) in [7, 11) is 0. The van der Waals surface area contributed by atoms with Crippen molar-refractivity contribution in [2.45, 2.75) is 51.9 Å². The molecule has 104 valence electrons. The first-order chi connectivity index (χ1) is 9.25. The lowest BCUT2D eigenvalue weighted by molar-refractivity contribution is -0.295. The van der Waals surface area contributed by atoms with Gasteiger partial charge in [0.15, 0.2) is 0 Å². The third-order valence-corrected chi connectivity index (χ3v) is 3.21. The number of unbranched alkanes of at least 4 members (excludes halogenated alkanes) is 6. The summed E-state index contributed by atoms with van der Waals surface area (Å²) in [4.78, 5) is 11.1. The van der Waals surface area contributed by atoms with Gasteiger partial charge in [0, 0.05) is 5.57 Å². The molecule has 2 heteroatoms. The van der Waals surface area contributed by atoms with E-state index in [1.54, 1.807) is 6.08 Å². The molecule has 2 nitrogen and oxygen atoms in total. The predicted molar refractivity (Wildman–Crippen MR) is 77.4 cm³/mol. The van der Waals surface area contributed by atoms with Crippen LogP contribution < -0.4 is 5.11 Å². The summed E-state index contributed by atoms with van der Waals surface area (Å²) in [5, 5.41) is 11.1. The molecule has 0 radical (unpaired) electrons. The Morgan fingerprint density at radius 1 is 1.05 bits per heavy atom. The number of carboxylic acids is 1. The molecule has 0 amide bonds. The van der Waals surface area contributed by atoms with Crippen LogP contribution >= 0.6 is 0 Å². The number of carboxylic acid groups (broad SMARTS) is 1. The summed E-state index contributed by atoms with van der Waals surface area (Å²) in [6.07, 6.45) is 9.90. The van der Waals surface area contributed by atoms with Gasteiger partial charge in [-0.3, -0.25) is 0 Å². The smallest absolute Gasteiger partial charge is 0.0718 e. The number of benzene rings is 1. The normalized spacial score (nSPS) is 11.5. The second kappa shape index (κ2) is 9.37. The molecule has 0 saturated carbocycles. The molecule has 1 aromatic carbocycles. The first-order valence-corrected chi connectivity index (χ1v) is 7.22. The van der Waals surface area contributed by atoms with Crippen LogP contribution in [0.1, 0.15) is 57.4 Å². The van der Waals surface area contributed by atoms with Gasteiger partial charge in [-0.25, -0.2) is 0 Å². The molecule has 0 aliphatic carbocycles. The zero-order valence-corrected chi connectivity index (χ0v) is 11.7. The van der Waals surface area contributed by atoms with Crippen molar-refractivity contribution in [3.63, 3.8) is 0 Å². The summed E-state index contributed by atoms with van der Waals surface area (Å²) >= 11 is 0. The van der Waals surface area contributed by atoms with Gasteiger partial charge in [-0.2, -0.15) is 0 Å². The molecule has 0 fully saturated rings. The van der Waals surface area contributed by atoms with Crippen molar-refractivity contribution in [1.29, 1.82) is 0 Å². The first-order valence-electron chi connectivity index (χ1n) is 7.22. The number of carbonyl (C=O) groups is 1. The predicted octanol–water partition coefficient (Wildman–Crippen LogP) is 3.57. The summed E-state index contributed by atoms with van der Waals surface area (Å²) in [5.41, 5.74) is 1.04. The highest BCUT2D eigenvalue weighted by atomic mass is 16.4. The van der Waals surface area contributed by atoms with Crippen molar-refractivity contribution in [2.24, 2.45) is 0 Å². The molecule has 19 heavy (non-hydrogen) atoms. The van der Waals surface area contributed by atoms with Gasteiger partial charge >= 0.3 is 0 Å². The highest BCUT2D eigenvalue weighted by molar-refractivity contribution is 6.14. The first kappa shape index (κ1) is 15.5. The van der Waals surface area contributed by atoms with E-state index < -0.39 is 5.97 Å². The molecule has 1 rings (SSSR count). The highest BCUT2D eigenvalue weighted by Crippen LogP contribution is 2.16. The van der Waals surface area contributed by atoms with Crippen LogP contribution in [-0.4, -0.2) is 5.97 Å². The topological polar surface area (TPSA) is 40.1 Å². The SMILES string of the molecule is CCCCCCCC/C=C(\C(=O)[O-])c1ccccc1. The van der Waals surface area contributed by atoms with Crippen LogP contribution in [0.2, 0.25) is 0 Å². The Bertz CT molecular complexity index is 393. The second-order valence-corrected chi connectivity index (χ2v) is 4.83. The zero-order valence-electron chi connectivity index (χ0n) is 11.7. The number of rotatable bonds is 9. The lowest BCUT2D eigenvalue weighted by Crippen LogP contribution is -2.23. The molecule has 0 N–H and O–H groups in total. The molecule has 0 spiro atoms. The maximum absolute atomic E-state index is 11.1. The third-order valence-electron chi connectivity index (χ3n) is 3.21. The molecule has 0 heterocycles. The largest absolute Gasteiger partial charge is 0.545 e. The number of aliphatic carboxylic acids is 1. The minimum atomic E-state index is -1.09. The number of carbonyl (C=O) groups excluding carboxylic acids is 1. The maximum atomic E-state index is 11.1. The van der Waals surface area contributed by atoms with Gasteiger partial charge in [0.25, 0.3) is 0 Å². The minimum Gasteiger partial charge on any atom is -0.545 e. The molecule has 0 saturated heterocycles. The van der Waals surface area contributed by atoms with Crippen LogP contribution in [0, 0.1) is 0 Å². The van der Waals surface area contributed by atoms with Crippen LogP contribution in [0.3, 0.4) is 0 Å². The molecule has 1 aromatic rings. The van der Waals surface area contributed by atoms with E-state index in [1.165, 1.54) is 32.1 Å². The van der Waals surface area contributed by atoms with E-state index in [4.69, 9.17) is 0 Å². The van der Waals surface area contributed by atoms with Crippen molar-refractivity contribution >= 4 is 11.5 Å². The fourth-order valence-electron chi connectivity index (χ4n) is 2.11. The van der Waals surface area contributed by atoms with Gasteiger partial charge in [-0.1, -0.05) is 75.4 Å². The van der Waals surface area contributed by atoms with Crippen LogP contribution in [0.5, 0.6) is 0 Å². The van der Waals surface area contributed by atoms with Crippen LogP contribution in [-0.2, 0) is 4.79 Å². The summed E-state index contributed by atoms with van der Waals surface area (Å²) in [6, 6.07) is 9.18. The molecule has 0 aromatic heterocycles. The summed E-state index contributed by atoms with van der Waals surface area (Å²) < 4.78 is 0. The van der Waals surface area contributed by atoms with Crippen molar-refractivity contribution in [3.05, 3.63) is 42.0 Å². The van der Waals surface area contributed by atoms with Crippen molar-refractivity contribution in [1.82, 2.24) is 0 Å². The number of hydrogen-bond donors (Lipinski definition) is 0.